The summed E-state index contributed by atoms with van der Waals surface area (Å²) in [6.07, 6.45) is 8.82. The molecular weight excluding hydrogens is 390 g/mol. The number of carbonyl (C=O) groups is 1. The number of hydrogen-bond donors (Lipinski definition) is 2. The van der Waals surface area contributed by atoms with Crippen molar-refractivity contribution in [3.8, 4) is 0 Å². The van der Waals surface area contributed by atoms with E-state index in [2.05, 4.69) is 20.9 Å². The second-order valence-corrected chi connectivity index (χ2v) is 11.0. The molecule has 1 heterocycles. The maximum atomic E-state index is 13.4. The van der Waals surface area contributed by atoms with E-state index < -0.39 is 15.1 Å². The second kappa shape index (κ2) is 7.61. The highest BCUT2D eigenvalue weighted by molar-refractivity contribution is 7.98. The Balaban J connectivity index is 1.65. The van der Waals surface area contributed by atoms with Crippen LogP contribution in [-0.2, 0) is 19.9 Å². The number of hydrogen-bond acceptors (Lipinski definition) is 4. The first-order chi connectivity index (χ1) is 13.5. The third-order valence-electron chi connectivity index (χ3n) is 6.37. The summed E-state index contributed by atoms with van der Waals surface area (Å²) in [7, 11) is -0.849. The smallest absolute Gasteiger partial charge is 0.237 e. The van der Waals surface area contributed by atoms with Crippen LogP contribution in [0.3, 0.4) is 0 Å². The number of rotatable bonds is 6. The van der Waals surface area contributed by atoms with Crippen molar-refractivity contribution in [1.29, 1.82) is 0 Å². The molecule has 28 heavy (non-hydrogen) atoms. The molecule has 5 nitrogen and oxygen atoms in total. The van der Waals surface area contributed by atoms with Crippen LogP contribution in [0.4, 0.5) is 5.13 Å². The van der Waals surface area contributed by atoms with Gasteiger partial charge in [0.05, 0.1) is 15.1 Å². The van der Waals surface area contributed by atoms with E-state index in [1.807, 2.05) is 29.6 Å². The lowest BCUT2D eigenvalue weighted by Gasteiger charge is -2.25. The van der Waals surface area contributed by atoms with Crippen LogP contribution in [0.2, 0.25) is 0 Å². The lowest BCUT2D eigenvalue weighted by molar-refractivity contribution is -0.119. The van der Waals surface area contributed by atoms with Crippen LogP contribution in [0.25, 0.3) is 0 Å². The molecule has 0 bridgehead atoms. The van der Waals surface area contributed by atoms with Gasteiger partial charge >= 0.3 is 0 Å². The van der Waals surface area contributed by atoms with Gasteiger partial charge in [-0.3, -0.25) is 4.79 Å². The Bertz CT molecular complexity index is 933. The predicted octanol–water partition coefficient (Wildman–Crippen LogP) is 3.83. The van der Waals surface area contributed by atoms with E-state index in [1.165, 1.54) is 43.4 Å². The molecule has 2 aromatic rings. The molecule has 0 spiro atoms. The number of amides is 1. The molecule has 1 unspecified atom stereocenters. The summed E-state index contributed by atoms with van der Waals surface area (Å²) in [5.74, 6) is 4.78. The summed E-state index contributed by atoms with van der Waals surface area (Å²) in [5, 5.41) is 5.55. The number of benzene rings is 1. The first kappa shape index (κ1) is 19.6. The van der Waals surface area contributed by atoms with Crippen LogP contribution in [0.1, 0.15) is 44.1 Å². The van der Waals surface area contributed by atoms with Gasteiger partial charge in [-0.15, -0.1) is 11.3 Å². The van der Waals surface area contributed by atoms with E-state index in [-0.39, 0.29) is 5.91 Å². The van der Waals surface area contributed by atoms with Crippen molar-refractivity contribution in [1.82, 2.24) is 9.71 Å². The van der Waals surface area contributed by atoms with Crippen molar-refractivity contribution in [3.63, 3.8) is 0 Å². The minimum atomic E-state index is -2.49. The highest BCUT2D eigenvalue weighted by atomic mass is 32.2. The summed E-state index contributed by atoms with van der Waals surface area (Å²) < 4.78 is 15.3. The van der Waals surface area contributed by atoms with Gasteiger partial charge < -0.3 is 5.32 Å². The molecule has 0 saturated heterocycles. The van der Waals surface area contributed by atoms with Crippen molar-refractivity contribution < 1.29 is 9.00 Å². The summed E-state index contributed by atoms with van der Waals surface area (Å²) in [5.41, 5.74) is 0.501. The van der Waals surface area contributed by atoms with Gasteiger partial charge in [0.15, 0.2) is 5.13 Å². The summed E-state index contributed by atoms with van der Waals surface area (Å²) in [6, 6.07) is 7.61. The van der Waals surface area contributed by atoms with E-state index in [0.29, 0.717) is 21.9 Å². The highest BCUT2D eigenvalue weighted by Crippen LogP contribution is 2.61. The molecule has 0 aliphatic heterocycles. The van der Waals surface area contributed by atoms with Crippen molar-refractivity contribution in [3.05, 3.63) is 41.4 Å². The SMILES string of the molecule is C=S(=O)(NC)c1ccc([C@@]2(C(=O)Nc3nccs3)C[C@H]2C2CCCCC2)cc1. The van der Waals surface area contributed by atoms with Gasteiger partial charge in [-0.25, -0.2) is 13.9 Å². The topological polar surface area (TPSA) is 71.1 Å². The van der Waals surface area contributed by atoms with Gasteiger partial charge in [-0.2, -0.15) is 0 Å². The Hall–Kier alpha value is -1.70. The summed E-state index contributed by atoms with van der Waals surface area (Å²) in [4.78, 5) is 18.2. The first-order valence-electron chi connectivity index (χ1n) is 9.84. The van der Waals surface area contributed by atoms with Crippen molar-refractivity contribution >= 4 is 38.0 Å². The number of nitrogens with one attached hydrogen (secondary N) is 2. The predicted molar refractivity (Wildman–Crippen MR) is 116 cm³/mol. The average molecular weight is 418 g/mol. The first-order valence-corrected chi connectivity index (χ1v) is 12.5. The maximum Gasteiger partial charge on any atom is 0.237 e. The molecule has 2 fully saturated rings. The Morgan fingerprint density at radius 3 is 2.57 bits per heavy atom. The fraction of sp³-hybridized carbons (Fsp3) is 0.476. The zero-order valence-corrected chi connectivity index (χ0v) is 17.8. The van der Waals surface area contributed by atoms with Gasteiger partial charge in [0.1, 0.15) is 0 Å². The van der Waals surface area contributed by atoms with Crippen molar-refractivity contribution in [2.24, 2.45) is 11.8 Å². The third-order valence-corrected chi connectivity index (χ3v) is 8.75. The molecule has 1 aromatic heterocycles. The van der Waals surface area contributed by atoms with Crippen molar-refractivity contribution in [2.45, 2.75) is 48.8 Å². The molecule has 7 heteroatoms. The molecular formula is C21H27N3O2S2. The fourth-order valence-electron chi connectivity index (χ4n) is 4.70. The number of nitrogens with zero attached hydrogens (tertiary/aromatic N) is 1. The van der Waals surface area contributed by atoms with Crippen molar-refractivity contribution in [2.75, 3.05) is 12.4 Å². The maximum absolute atomic E-state index is 13.4. The molecule has 1 amide bonds. The number of aromatic nitrogens is 1. The second-order valence-electron chi connectivity index (χ2n) is 7.88. The van der Waals surface area contributed by atoms with E-state index in [1.54, 1.807) is 13.2 Å². The Kier molecular flexibility index (Phi) is 5.33. The van der Waals surface area contributed by atoms with Gasteiger partial charge in [0, 0.05) is 16.5 Å². The molecule has 150 valence electrons. The standard InChI is InChI=1S/C21H27N3O2S2/c1-22-28(2,26)17-10-8-16(9-11-17)21(19(25)24-20-23-12-13-27-20)14-18(21)15-6-4-3-5-7-15/h8-13,15,18H,2-7,14H2,1H3,(H,22,26)(H,23,24,25)/t18-,21-,28?/m0/s1. The van der Waals surface area contributed by atoms with Gasteiger partial charge in [0.25, 0.3) is 0 Å². The van der Waals surface area contributed by atoms with Crippen LogP contribution in [-0.4, -0.2) is 28.0 Å². The van der Waals surface area contributed by atoms with E-state index >= 15 is 0 Å². The Morgan fingerprint density at radius 2 is 1.96 bits per heavy atom. The lowest BCUT2D eigenvalue weighted by Crippen LogP contribution is -2.32. The van der Waals surface area contributed by atoms with Crippen LogP contribution >= 0.6 is 11.3 Å². The Labute approximate surface area is 171 Å². The van der Waals surface area contributed by atoms with Crippen LogP contribution in [0, 0.1) is 11.8 Å². The minimum Gasteiger partial charge on any atom is -0.301 e. The highest BCUT2D eigenvalue weighted by Gasteiger charge is 2.63. The van der Waals surface area contributed by atoms with Gasteiger partial charge in [-0.1, -0.05) is 44.2 Å². The number of anilines is 1. The number of carbonyl (C=O) groups excluding carboxylic acids is 1. The van der Waals surface area contributed by atoms with Crippen LogP contribution < -0.4 is 10.0 Å². The largest absolute Gasteiger partial charge is 0.301 e. The average Bonchev–Trinajstić information content (AvgIpc) is 3.29. The summed E-state index contributed by atoms with van der Waals surface area (Å²) in [6.45, 7) is 0. The third kappa shape index (κ3) is 3.51. The molecule has 2 N–H and O–H groups in total. The molecule has 1 aromatic carbocycles. The fourth-order valence-corrected chi connectivity index (χ4v) is 6.04. The van der Waals surface area contributed by atoms with Gasteiger partial charge in [0.2, 0.25) is 5.91 Å². The molecule has 2 aliphatic carbocycles. The van der Waals surface area contributed by atoms with E-state index in [9.17, 15) is 9.00 Å². The normalized spacial score (nSPS) is 27.1. The van der Waals surface area contributed by atoms with Crippen LogP contribution in [0.5, 0.6) is 0 Å². The minimum absolute atomic E-state index is 0.0368. The zero-order valence-electron chi connectivity index (χ0n) is 16.1. The summed E-state index contributed by atoms with van der Waals surface area (Å²) >= 11 is 1.44. The molecule has 4 rings (SSSR count). The van der Waals surface area contributed by atoms with Crippen LogP contribution in [0.15, 0.2) is 40.7 Å². The molecule has 2 saturated carbocycles. The number of thiazole rings is 1. The van der Waals surface area contributed by atoms with Gasteiger partial charge in [-0.05, 0) is 48.9 Å². The molecule has 0 radical (unpaired) electrons. The van der Waals surface area contributed by atoms with E-state index in [4.69, 9.17) is 0 Å². The zero-order chi connectivity index (χ0) is 19.8. The van der Waals surface area contributed by atoms with E-state index in [0.717, 1.165) is 12.0 Å². The molecule has 3 atom stereocenters. The quantitative estimate of drug-likeness (QED) is 0.702. The molecule has 2 aliphatic rings. The lowest BCUT2D eigenvalue weighted by atomic mass is 9.80. The Morgan fingerprint density at radius 1 is 1.25 bits per heavy atom. The monoisotopic (exact) mass is 417 g/mol.